The number of nitrogens with one attached hydrogen (secondary N) is 1. The van der Waals surface area contributed by atoms with Gasteiger partial charge in [-0.3, -0.25) is 19.6 Å². The van der Waals surface area contributed by atoms with Gasteiger partial charge in [-0.05, 0) is 18.4 Å². The molecule has 13 heavy (non-hydrogen) atoms. The molecule has 1 rings (SSSR count). The van der Waals surface area contributed by atoms with Crippen molar-refractivity contribution in [1.82, 2.24) is 9.78 Å². The van der Waals surface area contributed by atoms with Gasteiger partial charge in [0.15, 0.2) is 0 Å². The Labute approximate surface area is 75.9 Å². The fraction of sp³-hybridized carbons (Fsp3) is 0.111. The number of aliphatic imine (C=N–C) groups is 1. The number of hydrogen-bond donors (Lipinski definition) is 1. The Balaban J connectivity index is 3.01. The number of aromatic amines is 1. The summed E-state index contributed by atoms with van der Waals surface area (Å²) in [4.78, 5) is 14.8. The van der Waals surface area contributed by atoms with Gasteiger partial charge < -0.3 is 0 Å². The SMILES string of the molecule is C=N/C=C\C(=C)c1cn(C)[nH]c1=O. The molecule has 0 amide bonds. The van der Waals surface area contributed by atoms with Crippen LogP contribution in [0.4, 0.5) is 0 Å². The van der Waals surface area contributed by atoms with Crippen LogP contribution in [0.15, 0.2) is 34.8 Å². The Morgan fingerprint density at radius 1 is 1.77 bits per heavy atom. The van der Waals surface area contributed by atoms with Crippen LogP contribution in [0, 0.1) is 0 Å². The Kier molecular flexibility index (Phi) is 2.64. The minimum absolute atomic E-state index is 0.152. The lowest BCUT2D eigenvalue weighted by Crippen LogP contribution is -2.05. The highest BCUT2D eigenvalue weighted by Crippen LogP contribution is 2.07. The van der Waals surface area contributed by atoms with Gasteiger partial charge in [-0.1, -0.05) is 6.58 Å². The summed E-state index contributed by atoms with van der Waals surface area (Å²) < 4.78 is 1.58. The molecule has 1 N–H and O–H groups in total. The highest BCUT2D eigenvalue weighted by atomic mass is 16.1. The third kappa shape index (κ3) is 2.05. The maximum atomic E-state index is 11.2. The maximum absolute atomic E-state index is 11.2. The number of rotatable bonds is 3. The average Bonchev–Trinajstić information content (AvgIpc) is 2.41. The predicted octanol–water partition coefficient (Wildman–Crippen LogP) is 0.941. The van der Waals surface area contributed by atoms with Gasteiger partial charge in [0, 0.05) is 19.4 Å². The van der Waals surface area contributed by atoms with Crippen LogP contribution in [0.3, 0.4) is 0 Å². The molecule has 4 heteroatoms. The van der Waals surface area contributed by atoms with E-state index in [9.17, 15) is 4.79 Å². The molecule has 1 aromatic rings. The summed E-state index contributed by atoms with van der Waals surface area (Å²) in [7, 11) is 1.74. The van der Waals surface area contributed by atoms with Crippen LogP contribution in [0.1, 0.15) is 5.56 Å². The second kappa shape index (κ2) is 3.71. The third-order valence-corrected chi connectivity index (χ3v) is 1.57. The molecule has 68 valence electrons. The van der Waals surface area contributed by atoms with E-state index in [1.807, 2.05) is 0 Å². The topological polar surface area (TPSA) is 50.1 Å². The zero-order valence-electron chi connectivity index (χ0n) is 7.45. The van der Waals surface area contributed by atoms with E-state index in [0.717, 1.165) is 0 Å². The van der Waals surface area contributed by atoms with Crippen LogP contribution >= 0.6 is 0 Å². The smallest absolute Gasteiger partial charge is 0.271 e. The van der Waals surface area contributed by atoms with Crippen LogP contribution in [-0.2, 0) is 7.05 Å². The van der Waals surface area contributed by atoms with E-state index in [4.69, 9.17) is 0 Å². The van der Waals surface area contributed by atoms with Crippen molar-refractivity contribution in [2.24, 2.45) is 12.0 Å². The van der Waals surface area contributed by atoms with Crippen molar-refractivity contribution in [3.05, 3.63) is 41.0 Å². The summed E-state index contributed by atoms with van der Waals surface area (Å²) >= 11 is 0. The molecule has 0 aliphatic rings. The van der Waals surface area contributed by atoms with Crippen molar-refractivity contribution >= 4 is 12.3 Å². The Morgan fingerprint density at radius 2 is 2.46 bits per heavy atom. The molecule has 0 saturated heterocycles. The van der Waals surface area contributed by atoms with Crippen molar-refractivity contribution in [3.8, 4) is 0 Å². The summed E-state index contributed by atoms with van der Waals surface area (Å²) in [5, 5.41) is 2.58. The number of H-pyrrole nitrogens is 1. The minimum Gasteiger partial charge on any atom is -0.295 e. The molecule has 0 aliphatic heterocycles. The summed E-state index contributed by atoms with van der Waals surface area (Å²) in [6.45, 7) is 7.01. The molecule has 0 saturated carbocycles. The molecule has 0 fully saturated rings. The van der Waals surface area contributed by atoms with Gasteiger partial charge in [-0.25, -0.2) is 0 Å². The third-order valence-electron chi connectivity index (χ3n) is 1.57. The van der Waals surface area contributed by atoms with Crippen LogP contribution < -0.4 is 5.56 Å². The first kappa shape index (κ1) is 9.25. The first-order valence-corrected chi connectivity index (χ1v) is 3.72. The van der Waals surface area contributed by atoms with E-state index in [1.165, 1.54) is 6.20 Å². The van der Waals surface area contributed by atoms with Crippen LogP contribution in [0.25, 0.3) is 5.57 Å². The molecule has 0 atom stereocenters. The van der Waals surface area contributed by atoms with Crippen LogP contribution in [0.5, 0.6) is 0 Å². The summed E-state index contributed by atoms with van der Waals surface area (Å²) in [6.07, 6.45) is 4.81. The van der Waals surface area contributed by atoms with Gasteiger partial charge >= 0.3 is 0 Å². The molecule has 1 aromatic heterocycles. The van der Waals surface area contributed by atoms with Gasteiger partial charge in [0.1, 0.15) is 0 Å². The number of nitrogens with zero attached hydrogens (tertiary/aromatic N) is 2. The second-order valence-corrected chi connectivity index (χ2v) is 2.62. The van der Waals surface area contributed by atoms with Crippen molar-refractivity contribution in [2.75, 3.05) is 0 Å². The van der Waals surface area contributed by atoms with E-state index in [0.29, 0.717) is 11.1 Å². The van der Waals surface area contributed by atoms with Gasteiger partial charge in [0.2, 0.25) is 0 Å². The first-order valence-electron chi connectivity index (χ1n) is 3.72. The fourth-order valence-electron chi connectivity index (χ4n) is 0.966. The molecule has 0 bridgehead atoms. The highest BCUT2D eigenvalue weighted by Gasteiger charge is 2.02. The Bertz CT molecular complexity index is 409. The Hall–Kier alpha value is -1.84. The minimum atomic E-state index is -0.152. The molecule has 4 nitrogen and oxygen atoms in total. The van der Waals surface area contributed by atoms with Gasteiger partial charge in [-0.2, -0.15) is 0 Å². The standard InChI is InChI=1S/C9H11N3O/c1-7(4-5-10-2)8-6-12(3)11-9(8)13/h4-6H,1-2H2,3H3,(H,11,13)/b5-4-. The monoisotopic (exact) mass is 177 g/mol. The molecule has 0 aliphatic carbocycles. The number of aryl methyl sites for hydroxylation is 1. The van der Waals surface area contributed by atoms with Crippen molar-refractivity contribution < 1.29 is 0 Å². The molecular weight excluding hydrogens is 166 g/mol. The summed E-state index contributed by atoms with van der Waals surface area (Å²) in [6, 6.07) is 0. The lowest BCUT2D eigenvalue weighted by Gasteiger charge is -1.90. The predicted molar refractivity (Wildman–Crippen MR) is 53.8 cm³/mol. The molecule has 1 heterocycles. The van der Waals surface area contributed by atoms with Crippen LogP contribution in [-0.4, -0.2) is 16.5 Å². The van der Waals surface area contributed by atoms with E-state index < -0.39 is 0 Å². The lowest BCUT2D eigenvalue weighted by atomic mass is 10.2. The lowest BCUT2D eigenvalue weighted by molar-refractivity contribution is 0.756. The zero-order chi connectivity index (χ0) is 9.84. The van der Waals surface area contributed by atoms with Gasteiger partial charge in [0.05, 0.1) is 5.56 Å². The summed E-state index contributed by atoms with van der Waals surface area (Å²) in [5.74, 6) is 0. The highest BCUT2D eigenvalue weighted by molar-refractivity contribution is 5.70. The van der Waals surface area contributed by atoms with Crippen molar-refractivity contribution in [2.45, 2.75) is 0 Å². The number of allylic oxidation sites excluding steroid dienone is 2. The normalized spacial score (nSPS) is 10.5. The van der Waals surface area contributed by atoms with E-state index in [1.54, 1.807) is 24.0 Å². The van der Waals surface area contributed by atoms with Crippen LogP contribution in [0.2, 0.25) is 0 Å². The van der Waals surface area contributed by atoms with Gasteiger partial charge in [-0.15, -0.1) is 0 Å². The molecule has 0 radical (unpaired) electrons. The number of hydrogen-bond acceptors (Lipinski definition) is 2. The van der Waals surface area contributed by atoms with E-state index in [-0.39, 0.29) is 5.56 Å². The van der Waals surface area contributed by atoms with Crippen molar-refractivity contribution in [3.63, 3.8) is 0 Å². The zero-order valence-corrected chi connectivity index (χ0v) is 7.45. The van der Waals surface area contributed by atoms with Gasteiger partial charge in [0.25, 0.3) is 5.56 Å². The average molecular weight is 177 g/mol. The molecule has 0 aromatic carbocycles. The fourth-order valence-corrected chi connectivity index (χ4v) is 0.966. The quantitative estimate of drug-likeness (QED) is 0.542. The second-order valence-electron chi connectivity index (χ2n) is 2.62. The van der Waals surface area contributed by atoms with Crippen molar-refractivity contribution in [1.29, 1.82) is 0 Å². The molecule has 0 spiro atoms. The Morgan fingerprint density at radius 3 is 2.92 bits per heavy atom. The van der Waals surface area contributed by atoms with E-state index in [2.05, 4.69) is 23.4 Å². The van der Waals surface area contributed by atoms with E-state index >= 15 is 0 Å². The maximum Gasteiger partial charge on any atom is 0.271 e. The molecular formula is C9H11N3O. The number of aromatic nitrogens is 2. The molecule has 0 unspecified atom stereocenters. The largest absolute Gasteiger partial charge is 0.295 e. The first-order chi connectivity index (χ1) is 6.15. The summed E-state index contributed by atoms with van der Waals surface area (Å²) in [5.41, 5.74) is 1.01.